The number of hydrogen-bond donors (Lipinski definition) is 1. The van der Waals surface area contributed by atoms with Gasteiger partial charge >= 0.3 is 0 Å². The van der Waals surface area contributed by atoms with Crippen LogP contribution in [0.4, 0.5) is 0 Å². The van der Waals surface area contributed by atoms with Crippen molar-refractivity contribution >= 4 is 11.8 Å². The predicted octanol–water partition coefficient (Wildman–Crippen LogP) is 11.0. The summed E-state index contributed by atoms with van der Waals surface area (Å²) < 4.78 is 5.77. The lowest BCUT2D eigenvalue weighted by Crippen LogP contribution is -2.72. The van der Waals surface area contributed by atoms with Gasteiger partial charge < -0.3 is 24.8 Å². The van der Waals surface area contributed by atoms with Crippen molar-refractivity contribution in [1.82, 2.24) is 20.0 Å². The quantitative estimate of drug-likeness (QED) is 0.0503. The number of carbonyl (C=O) groups excluding carboxylic acids is 2. The molecular weight excluding hydrogens is 657 g/mol. The summed E-state index contributed by atoms with van der Waals surface area (Å²) in [4.78, 5) is 35.2. The number of rotatable bonds is 38. The standard InChI is InChI=1S/C46H90N4O3/c1-7-10-13-16-18-19-20-21-22-23-24-25-26-27-29-32-36-47-45(52)46(41-53-42-46)50(38-33-37-49(6)40-39-48(4)5)44(51)43(34-30-15-12-9-3)35-31-28-17-14-11-8-2/h21-22,43H,7-20,23-42H2,1-6H3,(H,47,52)/b22-21-. The van der Waals surface area contributed by atoms with Crippen LogP contribution in [0, 0.1) is 5.92 Å². The van der Waals surface area contributed by atoms with Crippen LogP contribution in [0.2, 0.25) is 0 Å². The molecule has 7 nitrogen and oxygen atoms in total. The van der Waals surface area contributed by atoms with Gasteiger partial charge in [-0.1, -0.05) is 155 Å². The molecule has 1 heterocycles. The van der Waals surface area contributed by atoms with E-state index < -0.39 is 5.54 Å². The van der Waals surface area contributed by atoms with E-state index in [0.29, 0.717) is 26.3 Å². The number of unbranched alkanes of at least 4 members (excludes halogenated alkanes) is 20. The SMILES string of the molecule is CCCCCCCC/C=C\CCCCCCCCNC(=O)C1(N(CCCN(C)CCN(C)C)C(=O)C(CCCCCC)CCCCCCCC)COC1. The van der Waals surface area contributed by atoms with Gasteiger partial charge in [-0.05, 0) is 79.1 Å². The number of nitrogens with zero attached hydrogens (tertiary/aromatic N) is 3. The third-order valence-corrected chi connectivity index (χ3v) is 11.4. The molecule has 53 heavy (non-hydrogen) atoms. The molecule has 7 heteroatoms. The minimum atomic E-state index is -0.870. The highest BCUT2D eigenvalue weighted by molar-refractivity contribution is 5.93. The van der Waals surface area contributed by atoms with Gasteiger partial charge in [-0.25, -0.2) is 0 Å². The number of likely N-dealkylation sites (N-methyl/N-ethyl adjacent to an activating group) is 2. The van der Waals surface area contributed by atoms with Gasteiger partial charge in [0, 0.05) is 32.1 Å². The molecule has 1 rings (SSSR count). The van der Waals surface area contributed by atoms with E-state index in [9.17, 15) is 9.59 Å². The van der Waals surface area contributed by atoms with Gasteiger partial charge in [-0.3, -0.25) is 9.59 Å². The first-order valence-electron chi connectivity index (χ1n) is 23.0. The first-order chi connectivity index (χ1) is 25.8. The Morgan fingerprint density at radius 3 is 1.55 bits per heavy atom. The Morgan fingerprint density at radius 1 is 0.585 bits per heavy atom. The molecule has 1 aliphatic rings. The van der Waals surface area contributed by atoms with Crippen LogP contribution in [0.25, 0.3) is 0 Å². The van der Waals surface area contributed by atoms with Crippen molar-refractivity contribution in [2.75, 3.05) is 67.1 Å². The number of ether oxygens (including phenoxy) is 1. The van der Waals surface area contributed by atoms with Gasteiger partial charge in [0.1, 0.15) is 0 Å². The molecule has 2 amide bonds. The van der Waals surface area contributed by atoms with Crippen molar-refractivity contribution in [2.45, 2.75) is 200 Å². The molecule has 1 N–H and O–H groups in total. The number of carbonyl (C=O) groups is 2. The van der Waals surface area contributed by atoms with Crippen LogP contribution >= 0.6 is 0 Å². The van der Waals surface area contributed by atoms with Gasteiger partial charge in [0.15, 0.2) is 5.54 Å². The first-order valence-corrected chi connectivity index (χ1v) is 23.0. The molecule has 1 atom stereocenters. The van der Waals surface area contributed by atoms with Crippen molar-refractivity contribution in [3.63, 3.8) is 0 Å². The van der Waals surface area contributed by atoms with Crippen molar-refractivity contribution in [3.8, 4) is 0 Å². The van der Waals surface area contributed by atoms with E-state index in [1.807, 2.05) is 4.90 Å². The molecule has 1 saturated heterocycles. The van der Waals surface area contributed by atoms with Crippen molar-refractivity contribution in [3.05, 3.63) is 12.2 Å². The lowest BCUT2D eigenvalue weighted by molar-refractivity contribution is -0.182. The van der Waals surface area contributed by atoms with Crippen LogP contribution in [0.15, 0.2) is 12.2 Å². The summed E-state index contributed by atoms with van der Waals surface area (Å²) in [6.07, 6.45) is 37.4. The summed E-state index contributed by atoms with van der Waals surface area (Å²) in [6.45, 7) is 11.6. The van der Waals surface area contributed by atoms with E-state index in [-0.39, 0.29) is 17.7 Å². The lowest BCUT2D eigenvalue weighted by atomic mass is 9.87. The summed E-state index contributed by atoms with van der Waals surface area (Å²) in [5.74, 6) is 0.183. The molecule has 312 valence electrons. The summed E-state index contributed by atoms with van der Waals surface area (Å²) in [5.41, 5.74) is -0.870. The van der Waals surface area contributed by atoms with E-state index in [1.165, 1.54) is 128 Å². The third-order valence-electron chi connectivity index (χ3n) is 11.4. The maximum Gasteiger partial charge on any atom is 0.250 e. The third kappa shape index (κ3) is 23.9. The first kappa shape index (κ1) is 49.6. The molecule has 1 aliphatic heterocycles. The number of allylic oxidation sites excluding steroid dienone is 2. The van der Waals surface area contributed by atoms with Crippen LogP contribution in [0.1, 0.15) is 194 Å². The monoisotopic (exact) mass is 747 g/mol. The van der Waals surface area contributed by atoms with Crippen LogP contribution in [-0.4, -0.2) is 99.1 Å². The second kappa shape index (κ2) is 33.9. The molecule has 0 saturated carbocycles. The average molecular weight is 747 g/mol. The average Bonchev–Trinajstić information content (AvgIpc) is 3.12. The van der Waals surface area contributed by atoms with E-state index in [1.54, 1.807) is 0 Å². The predicted molar refractivity (Wildman–Crippen MR) is 229 cm³/mol. The van der Waals surface area contributed by atoms with E-state index in [0.717, 1.165) is 64.6 Å². The highest BCUT2D eigenvalue weighted by Gasteiger charge is 2.53. The minimum absolute atomic E-state index is 0.00453. The molecule has 0 aromatic rings. The van der Waals surface area contributed by atoms with Gasteiger partial charge in [0.2, 0.25) is 5.91 Å². The second-order valence-electron chi connectivity index (χ2n) is 16.8. The fourth-order valence-corrected chi connectivity index (χ4v) is 7.56. The minimum Gasteiger partial charge on any atom is -0.375 e. The maximum atomic E-state index is 14.6. The van der Waals surface area contributed by atoms with E-state index >= 15 is 0 Å². The Labute approximate surface area is 330 Å². The zero-order valence-electron chi connectivity index (χ0n) is 36.3. The molecule has 0 radical (unpaired) electrons. The Hall–Kier alpha value is -1.44. The normalized spacial score (nSPS) is 14.6. The highest BCUT2D eigenvalue weighted by atomic mass is 16.5. The van der Waals surface area contributed by atoms with E-state index in [4.69, 9.17) is 4.74 Å². The van der Waals surface area contributed by atoms with Crippen LogP contribution in [0.3, 0.4) is 0 Å². The van der Waals surface area contributed by atoms with Crippen LogP contribution in [-0.2, 0) is 14.3 Å². The fourth-order valence-electron chi connectivity index (χ4n) is 7.56. The largest absolute Gasteiger partial charge is 0.375 e. The molecule has 0 aliphatic carbocycles. The van der Waals surface area contributed by atoms with Gasteiger partial charge in [-0.2, -0.15) is 0 Å². The van der Waals surface area contributed by atoms with Gasteiger partial charge in [0.05, 0.1) is 13.2 Å². The molecular formula is C46H90N4O3. The second-order valence-corrected chi connectivity index (χ2v) is 16.8. The Morgan fingerprint density at radius 2 is 1.06 bits per heavy atom. The Kier molecular flexibility index (Phi) is 31.7. The lowest BCUT2D eigenvalue weighted by Gasteiger charge is -2.49. The van der Waals surface area contributed by atoms with Crippen LogP contribution < -0.4 is 5.32 Å². The van der Waals surface area contributed by atoms with E-state index in [2.05, 4.69) is 69.2 Å². The smallest absolute Gasteiger partial charge is 0.250 e. The van der Waals surface area contributed by atoms with Crippen molar-refractivity contribution in [2.24, 2.45) is 5.92 Å². The summed E-state index contributed by atoms with van der Waals surface area (Å²) >= 11 is 0. The van der Waals surface area contributed by atoms with Crippen molar-refractivity contribution in [1.29, 1.82) is 0 Å². The zero-order chi connectivity index (χ0) is 38.8. The number of nitrogens with one attached hydrogen (secondary N) is 1. The highest BCUT2D eigenvalue weighted by Crippen LogP contribution is 2.31. The molecule has 0 aromatic heterocycles. The van der Waals surface area contributed by atoms with Crippen LogP contribution in [0.5, 0.6) is 0 Å². The summed E-state index contributed by atoms with van der Waals surface area (Å²) in [5, 5.41) is 3.28. The summed E-state index contributed by atoms with van der Waals surface area (Å²) in [7, 11) is 6.37. The zero-order valence-corrected chi connectivity index (χ0v) is 36.3. The molecule has 1 unspecified atom stereocenters. The number of hydrogen-bond acceptors (Lipinski definition) is 5. The summed E-state index contributed by atoms with van der Waals surface area (Å²) in [6, 6.07) is 0. The Balaban J connectivity index is 2.69. The molecule has 1 fully saturated rings. The van der Waals surface area contributed by atoms with Gasteiger partial charge in [-0.15, -0.1) is 0 Å². The topological polar surface area (TPSA) is 65.1 Å². The molecule has 0 bridgehead atoms. The maximum absolute atomic E-state index is 14.6. The molecule has 0 aromatic carbocycles. The van der Waals surface area contributed by atoms with Crippen molar-refractivity contribution < 1.29 is 14.3 Å². The molecule has 0 spiro atoms. The van der Waals surface area contributed by atoms with Gasteiger partial charge in [0.25, 0.3) is 5.91 Å². The Bertz CT molecular complexity index is 890. The number of amides is 2. The fraction of sp³-hybridized carbons (Fsp3) is 0.913.